The minimum atomic E-state index is -1.29. The summed E-state index contributed by atoms with van der Waals surface area (Å²) in [5.74, 6) is -1.31. The summed E-state index contributed by atoms with van der Waals surface area (Å²) in [6.07, 6.45) is 6.53. The van der Waals surface area contributed by atoms with Crippen LogP contribution in [0.3, 0.4) is 0 Å². The third-order valence-electron chi connectivity index (χ3n) is 16.2. The van der Waals surface area contributed by atoms with Gasteiger partial charge < -0.3 is 38.7 Å². The summed E-state index contributed by atoms with van der Waals surface area (Å²) in [7, 11) is 1.51. The van der Waals surface area contributed by atoms with E-state index in [1.165, 1.54) is 23.8 Å². The number of aryl methyl sites for hydroxylation is 1. The molecule has 11 heteroatoms. The van der Waals surface area contributed by atoms with Crippen LogP contribution in [0.4, 0.5) is 0 Å². The topological polar surface area (TPSA) is 162 Å². The average Bonchev–Trinajstić information content (AvgIpc) is 3.37. The molecule has 70 heavy (non-hydrogen) atoms. The van der Waals surface area contributed by atoms with Crippen molar-refractivity contribution in [3.63, 3.8) is 0 Å². The number of carbonyl (C=O) groups is 2. The highest BCUT2D eigenvalue weighted by Gasteiger charge is 2.57. The molecule has 4 aromatic carbocycles. The van der Waals surface area contributed by atoms with Gasteiger partial charge in [-0.3, -0.25) is 4.79 Å². The van der Waals surface area contributed by atoms with Crippen LogP contribution >= 0.6 is 0 Å². The standard InChI is InChI=1S/C59H68O11/c1-36(33-61)46-23-19-37-17-20-40(21-18-37)47-24-22-42(41-14-10-13-39(30-41)29-38-11-6-4-7-12-38)31-44(47)32-51(63)67-55-53-50(70-59(2,56(55)69-57(46)64)45-15-8-5-9-16-45)26-25-48-49(34-62)52(58(65)68-54(48)53)43(27-28-60)35-66-3/h4,6-7,10-14,17-18,20-21,25-26,30,42-45,47,55-56,60-62H,5,8-9,15-16,19,22-24,27-29,31-35H2,1-3H3/b46-36-/t42-,43-,44-,47+,55-,56+,59+/m1/s1. The van der Waals surface area contributed by atoms with Gasteiger partial charge in [-0.25, -0.2) is 9.59 Å². The maximum absolute atomic E-state index is 15.2. The Hall–Kier alpha value is -5.59. The van der Waals surface area contributed by atoms with Crippen molar-refractivity contribution in [2.75, 3.05) is 26.9 Å². The van der Waals surface area contributed by atoms with Crippen LogP contribution in [-0.4, -0.2) is 65.9 Å². The molecule has 4 heterocycles. The number of rotatable bonds is 11. The van der Waals surface area contributed by atoms with Gasteiger partial charge in [-0.15, -0.1) is 0 Å². The zero-order valence-electron chi connectivity index (χ0n) is 40.8. The van der Waals surface area contributed by atoms with Gasteiger partial charge in [0.25, 0.3) is 0 Å². The zero-order chi connectivity index (χ0) is 48.9. The van der Waals surface area contributed by atoms with Crippen molar-refractivity contribution in [3.8, 4) is 5.75 Å². The fourth-order valence-electron chi connectivity index (χ4n) is 12.4. The molecule has 2 saturated carbocycles. The molecule has 2 bridgehead atoms. The van der Waals surface area contributed by atoms with E-state index >= 15 is 4.79 Å². The molecule has 370 valence electrons. The highest BCUT2D eigenvalue weighted by Crippen LogP contribution is 2.53. The first-order chi connectivity index (χ1) is 34.0. The lowest BCUT2D eigenvalue weighted by atomic mass is 9.68. The Kier molecular flexibility index (Phi) is 15.4. The van der Waals surface area contributed by atoms with E-state index in [1.807, 2.05) is 13.0 Å². The fraction of sp³-hybridized carbons (Fsp3) is 0.475. The van der Waals surface area contributed by atoms with Crippen molar-refractivity contribution in [1.29, 1.82) is 0 Å². The van der Waals surface area contributed by atoms with E-state index in [0.717, 1.165) is 68.9 Å². The summed E-state index contributed by atoms with van der Waals surface area (Å²) < 4.78 is 32.5. The average molecular weight is 953 g/mol. The molecule has 0 unspecified atom stereocenters. The SMILES string of the molecule is COC[C@@H](CCO)c1c(CO)c2ccc3c(c2oc1=O)[C@H]1OC(=O)C[C@H]2C[C@H](c4cccc(Cc5ccccc5)c4)CC[C@H]2c2ccc(cc2)CC/C(=C(\C)CO)C(=O)O[C@@H]1[C@](C)(C1CCCCC1)O3. The highest BCUT2D eigenvalue weighted by atomic mass is 16.6. The van der Waals surface area contributed by atoms with Crippen LogP contribution in [0.1, 0.15) is 153 Å². The Labute approximate surface area is 410 Å². The number of ether oxygens (including phenoxy) is 4. The van der Waals surface area contributed by atoms with Crippen LogP contribution in [0.2, 0.25) is 0 Å². The van der Waals surface area contributed by atoms with Gasteiger partial charge in [0.15, 0.2) is 12.2 Å². The van der Waals surface area contributed by atoms with Crippen LogP contribution in [0.25, 0.3) is 11.0 Å². The summed E-state index contributed by atoms with van der Waals surface area (Å²) in [6.45, 7) is 2.66. The highest BCUT2D eigenvalue weighted by molar-refractivity contribution is 5.90. The van der Waals surface area contributed by atoms with Crippen molar-refractivity contribution in [2.45, 2.75) is 139 Å². The fourth-order valence-corrected chi connectivity index (χ4v) is 12.4. The number of aliphatic hydroxyl groups is 3. The van der Waals surface area contributed by atoms with Gasteiger partial charge in [0.05, 0.1) is 25.4 Å². The lowest BCUT2D eigenvalue weighted by Crippen LogP contribution is -2.58. The van der Waals surface area contributed by atoms with Crippen molar-refractivity contribution in [3.05, 3.63) is 157 Å². The van der Waals surface area contributed by atoms with Crippen LogP contribution in [0.15, 0.2) is 111 Å². The van der Waals surface area contributed by atoms with Crippen molar-refractivity contribution in [1.82, 2.24) is 0 Å². The zero-order valence-corrected chi connectivity index (χ0v) is 40.8. The number of fused-ring (bicyclic) bond motifs is 11. The molecule has 3 aliphatic heterocycles. The Morgan fingerprint density at radius 2 is 1.60 bits per heavy atom. The third-order valence-corrected chi connectivity index (χ3v) is 16.2. The smallest absolute Gasteiger partial charge is 0.340 e. The molecule has 1 aromatic heterocycles. The summed E-state index contributed by atoms with van der Waals surface area (Å²) in [4.78, 5) is 44.5. The number of benzene rings is 4. The number of methoxy groups -OCH3 is 1. The van der Waals surface area contributed by atoms with Crippen LogP contribution in [0.5, 0.6) is 5.75 Å². The van der Waals surface area contributed by atoms with E-state index in [-0.39, 0.29) is 73.0 Å². The monoisotopic (exact) mass is 952 g/mol. The van der Waals surface area contributed by atoms with Gasteiger partial charge >= 0.3 is 17.6 Å². The van der Waals surface area contributed by atoms with Gasteiger partial charge in [-0.2, -0.15) is 0 Å². The Morgan fingerprint density at radius 3 is 2.33 bits per heavy atom. The van der Waals surface area contributed by atoms with Crippen molar-refractivity contribution in [2.24, 2.45) is 11.8 Å². The second-order valence-electron chi connectivity index (χ2n) is 20.5. The largest absolute Gasteiger partial charge is 0.483 e. The number of hydrogen-bond donors (Lipinski definition) is 3. The van der Waals surface area contributed by atoms with Crippen molar-refractivity contribution < 1.29 is 48.3 Å². The van der Waals surface area contributed by atoms with E-state index in [1.54, 1.807) is 19.1 Å². The second kappa shape index (κ2) is 21.8. The van der Waals surface area contributed by atoms with Gasteiger partial charge in [-0.05, 0) is 140 Å². The van der Waals surface area contributed by atoms with Gasteiger partial charge in [-0.1, -0.05) is 98.1 Å². The number of carbonyl (C=O) groups excluding carboxylic acids is 2. The van der Waals surface area contributed by atoms with Crippen LogP contribution in [0, 0.1) is 11.8 Å². The van der Waals surface area contributed by atoms with E-state index in [4.69, 9.17) is 23.4 Å². The number of hydrogen-bond acceptors (Lipinski definition) is 11. The quantitative estimate of drug-likeness (QED) is 0.0656. The molecule has 10 rings (SSSR count). The number of aliphatic hydroxyl groups excluding tert-OH is 3. The molecule has 0 radical (unpaired) electrons. The van der Waals surface area contributed by atoms with Crippen molar-refractivity contribution >= 4 is 22.9 Å². The molecule has 5 aromatic rings. The molecule has 0 amide bonds. The van der Waals surface area contributed by atoms with E-state index in [2.05, 4.69) is 72.8 Å². The lowest BCUT2D eigenvalue weighted by molar-refractivity contribution is -0.201. The van der Waals surface area contributed by atoms with Crippen LogP contribution < -0.4 is 10.4 Å². The Balaban J connectivity index is 1.18. The number of esters is 2. The van der Waals surface area contributed by atoms with Crippen LogP contribution in [-0.2, 0) is 43.2 Å². The summed E-state index contributed by atoms with van der Waals surface area (Å²) >= 11 is 0. The maximum Gasteiger partial charge on any atom is 0.340 e. The molecular formula is C59H68O11. The summed E-state index contributed by atoms with van der Waals surface area (Å²) in [6, 6.07) is 31.4. The molecule has 0 saturated heterocycles. The molecule has 2 aliphatic carbocycles. The molecule has 3 N–H and O–H groups in total. The normalized spacial score (nSPS) is 25.5. The molecule has 2 fully saturated rings. The maximum atomic E-state index is 15.2. The molecule has 7 atom stereocenters. The molecular weight excluding hydrogens is 885 g/mol. The minimum absolute atomic E-state index is 0.0576. The van der Waals surface area contributed by atoms with Gasteiger partial charge in [0.2, 0.25) is 0 Å². The first-order valence-corrected chi connectivity index (χ1v) is 25.5. The second-order valence-corrected chi connectivity index (χ2v) is 20.5. The third kappa shape index (κ3) is 10.1. The van der Waals surface area contributed by atoms with E-state index < -0.39 is 47.9 Å². The first kappa shape index (κ1) is 49.4. The van der Waals surface area contributed by atoms with E-state index in [0.29, 0.717) is 40.7 Å². The first-order valence-electron chi connectivity index (χ1n) is 25.5. The lowest BCUT2D eigenvalue weighted by Gasteiger charge is -2.50. The molecule has 11 nitrogen and oxygen atoms in total. The predicted octanol–water partition coefficient (Wildman–Crippen LogP) is 10.2. The Bertz CT molecular complexity index is 2730. The predicted molar refractivity (Wildman–Crippen MR) is 267 cm³/mol. The molecule has 5 aliphatic rings. The van der Waals surface area contributed by atoms with E-state index in [9.17, 15) is 24.9 Å². The van der Waals surface area contributed by atoms with Gasteiger partial charge in [0, 0.05) is 48.5 Å². The Morgan fingerprint density at radius 1 is 0.829 bits per heavy atom. The molecule has 0 spiro atoms. The summed E-state index contributed by atoms with van der Waals surface area (Å²) in [5, 5.41) is 31.9. The van der Waals surface area contributed by atoms with Gasteiger partial charge in [0.1, 0.15) is 16.9 Å². The summed E-state index contributed by atoms with van der Waals surface area (Å²) in [5.41, 5.74) is 5.61. The minimum Gasteiger partial charge on any atom is -0.483 e.